The monoisotopic (exact) mass is 329 g/mol. The lowest BCUT2D eigenvalue weighted by Gasteiger charge is -2.18. The van der Waals surface area contributed by atoms with Crippen LogP contribution in [0.25, 0.3) is 11.0 Å². The zero-order chi connectivity index (χ0) is 16.7. The summed E-state index contributed by atoms with van der Waals surface area (Å²) in [5, 5.41) is 5.35. The van der Waals surface area contributed by atoms with E-state index in [0.29, 0.717) is 17.5 Å². The summed E-state index contributed by atoms with van der Waals surface area (Å²) in [7, 11) is 1.67. The molecule has 0 N–H and O–H groups in total. The molecule has 6 heteroatoms. The fourth-order valence-electron chi connectivity index (χ4n) is 3.63. The predicted octanol–water partition coefficient (Wildman–Crippen LogP) is 3.13. The van der Waals surface area contributed by atoms with E-state index in [0.717, 1.165) is 30.3 Å². The van der Waals surface area contributed by atoms with Crippen LogP contribution in [0.2, 0.25) is 0 Å². The molecule has 2 heterocycles. The van der Waals surface area contributed by atoms with E-state index in [1.165, 1.54) is 12.8 Å². The van der Waals surface area contributed by atoms with Gasteiger partial charge in [-0.1, -0.05) is 0 Å². The van der Waals surface area contributed by atoms with Crippen LogP contribution in [0.15, 0.2) is 18.5 Å². The van der Waals surface area contributed by atoms with Gasteiger partial charge in [0, 0.05) is 18.7 Å². The first-order valence-electron chi connectivity index (χ1n) is 8.74. The molecule has 4 rings (SSSR count). The van der Waals surface area contributed by atoms with E-state index in [9.17, 15) is 4.79 Å². The maximum atomic E-state index is 12.4. The van der Waals surface area contributed by atoms with E-state index in [-0.39, 0.29) is 18.2 Å². The summed E-state index contributed by atoms with van der Waals surface area (Å²) in [5.74, 6) is 0.370. The van der Waals surface area contributed by atoms with Crippen molar-refractivity contribution in [1.29, 1.82) is 0 Å². The van der Waals surface area contributed by atoms with Crippen LogP contribution in [0.3, 0.4) is 0 Å². The summed E-state index contributed by atoms with van der Waals surface area (Å²) in [6.45, 7) is 2.18. The minimum absolute atomic E-state index is 0.00721. The van der Waals surface area contributed by atoms with E-state index in [4.69, 9.17) is 9.47 Å². The number of pyridine rings is 1. The molecular formula is C18H23N3O3. The van der Waals surface area contributed by atoms with Gasteiger partial charge in [-0.2, -0.15) is 5.10 Å². The zero-order valence-corrected chi connectivity index (χ0v) is 14.1. The van der Waals surface area contributed by atoms with E-state index in [1.54, 1.807) is 19.5 Å². The number of aromatic nitrogens is 3. The number of hydrogen-bond acceptors (Lipinski definition) is 5. The van der Waals surface area contributed by atoms with Gasteiger partial charge in [0.1, 0.15) is 6.10 Å². The van der Waals surface area contributed by atoms with Crippen LogP contribution in [0, 0.1) is 5.92 Å². The van der Waals surface area contributed by atoms with Crippen LogP contribution >= 0.6 is 0 Å². The Hall–Kier alpha value is -1.95. The van der Waals surface area contributed by atoms with Gasteiger partial charge in [0.25, 0.3) is 0 Å². The lowest BCUT2D eigenvalue weighted by Crippen LogP contribution is -2.27. The van der Waals surface area contributed by atoms with Crippen LogP contribution in [-0.4, -0.2) is 40.1 Å². The second-order valence-corrected chi connectivity index (χ2v) is 6.95. The van der Waals surface area contributed by atoms with Gasteiger partial charge in [0.2, 0.25) is 0 Å². The van der Waals surface area contributed by atoms with Gasteiger partial charge in [-0.3, -0.25) is 0 Å². The molecule has 2 saturated carbocycles. The molecule has 0 amide bonds. The molecule has 0 radical (unpaired) electrons. The van der Waals surface area contributed by atoms with Gasteiger partial charge < -0.3 is 9.47 Å². The highest BCUT2D eigenvalue weighted by Crippen LogP contribution is 2.40. The number of ether oxygens (including phenoxy) is 2. The van der Waals surface area contributed by atoms with Crippen LogP contribution in [-0.2, 0) is 9.47 Å². The van der Waals surface area contributed by atoms with Crippen molar-refractivity contribution >= 4 is 17.0 Å². The molecule has 24 heavy (non-hydrogen) atoms. The van der Waals surface area contributed by atoms with E-state index < -0.39 is 0 Å². The third kappa shape index (κ3) is 2.79. The van der Waals surface area contributed by atoms with E-state index in [1.807, 2.05) is 10.7 Å². The number of hydrogen-bond donors (Lipinski definition) is 0. The van der Waals surface area contributed by atoms with E-state index >= 15 is 0 Å². The Morgan fingerprint density at radius 1 is 1.25 bits per heavy atom. The summed E-state index contributed by atoms with van der Waals surface area (Å²) in [6.07, 6.45) is 8.58. The average Bonchev–Trinajstić information content (AvgIpc) is 3.21. The Morgan fingerprint density at radius 3 is 2.79 bits per heavy atom. The zero-order valence-electron chi connectivity index (χ0n) is 14.1. The first kappa shape index (κ1) is 15.6. The summed E-state index contributed by atoms with van der Waals surface area (Å²) in [5.41, 5.74) is 1.31. The minimum atomic E-state index is -0.332. The largest absolute Gasteiger partial charge is 0.456 e. The third-order valence-corrected chi connectivity index (χ3v) is 5.31. The lowest BCUT2D eigenvalue weighted by molar-refractivity contribution is -0.0206. The fraction of sp³-hybridized carbons (Fsp3) is 0.611. The number of carbonyl (C=O) groups is 1. The topological polar surface area (TPSA) is 66.2 Å². The first-order valence-corrected chi connectivity index (χ1v) is 8.74. The fourth-order valence-corrected chi connectivity index (χ4v) is 3.63. The Kier molecular flexibility index (Phi) is 4.00. The van der Waals surface area contributed by atoms with Gasteiger partial charge in [0.15, 0.2) is 5.65 Å². The molecule has 6 nitrogen and oxygen atoms in total. The summed E-state index contributed by atoms with van der Waals surface area (Å²) in [6, 6.07) is 2.18. The van der Waals surface area contributed by atoms with Crippen molar-refractivity contribution in [3.8, 4) is 0 Å². The molecule has 2 fully saturated rings. The molecule has 2 aromatic heterocycles. The number of rotatable bonds is 5. The normalized spacial score (nSPS) is 25.1. The molecule has 2 aliphatic carbocycles. The van der Waals surface area contributed by atoms with Crippen molar-refractivity contribution in [2.45, 2.75) is 57.3 Å². The molecule has 0 bridgehead atoms. The molecule has 2 aliphatic rings. The van der Waals surface area contributed by atoms with Crippen LogP contribution in [0.5, 0.6) is 0 Å². The van der Waals surface area contributed by atoms with Crippen molar-refractivity contribution in [3.63, 3.8) is 0 Å². The van der Waals surface area contributed by atoms with Crippen LogP contribution < -0.4 is 0 Å². The number of methoxy groups -OCH3 is 1. The molecule has 0 unspecified atom stereocenters. The highest BCUT2D eigenvalue weighted by atomic mass is 16.6. The number of esters is 1. The average molecular weight is 329 g/mol. The molecule has 0 spiro atoms. The van der Waals surface area contributed by atoms with Crippen molar-refractivity contribution in [3.05, 3.63) is 24.0 Å². The number of carbonyl (C=O) groups excluding carboxylic acids is 1. The van der Waals surface area contributed by atoms with E-state index in [2.05, 4.69) is 17.0 Å². The standard InChI is InChI=1S/C18H23N3O3/c1-11(12-6-7-12)21-17-13(10-20-21)8-14(9-19-17)18(22)24-16-5-3-4-15(16)23-2/h8-12,15-16H,3-7H2,1-2H3/t11-,15+,16+/m0/s1. The van der Waals surface area contributed by atoms with Crippen LogP contribution in [0.4, 0.5) is 0 Å². The maximum Gasteiger partial charge on any atom is 0.340 e. The maximum absolute atomic E-state index is 12.4. The third-order valence-electron chi connectivity index (χ3n) is 5.31. The quantitative estimate of drug-likeness (QED) is 0.789. The van der Waals surface area contributed by atoms with Crippen LogP contribution in [0.1, 0.15) is 55.4 Å². The molecule has 2 aromatic rings. The number of nitrogens with zero attached hydrogens (tertiary/aromatic N) is 3. The molecule has 0 saturated heterocycles. The second-order valence-electron chi connectivity index (χ2n) is 6.95. The predicted molar refractivity (Wildman–Crippen MR) is 88.8 cm³/mol. The SMILES string of the molecule is CO[C@@H]1CCC[C@H]1OC(=O)c1cnc2c(cnn2[C@@H](C)C2CC2)c1. The van der Waals surface area contributed by atoms with Crippen molar-refractivity contribution in [2.24, 2.45) is 5.92 Å². The second kappa shape index (κ2) is 6.16. The molecule has 0 aromatic carbocycles. The van der Waals surface area contributed by atoms with Crippen molar-refractivity contribution < 1.29 is 14.3 Å². The molecule has 0 aliphatic heterocycles. The van der Waals surface area contributed by atoms with Gasteiger partial charge in [-0.05, 0) is 51.0 Å². The lowest BCUT2D eigenvalue weighted by atomic mass is 10.2. The van der Waals surface area contributed by atoms with Gasteiger partial charge in [-0.25, -0.2) is 14.5 Å². The Bertz CT molecular complexity index is 753. The first-order chi connectivity index (χ1) is 11.7. The number of fused-ring (bicyclic) bond motifs is 1. The Morgan fingerprint density at radius 2 is 2.04 bits per heavy atom. The Balaban J connectivity index is 1.53. The van der Waals surface area contributed by atoms with Crippen molar-refractivity contribution in [1.82, 2.24) is 14.8 Å². The molecule has 3 atom stereocenters. The molecular weight excluding hydrogens is 306 g/mol. The highest BCUT2D eigenvalue weighted by molar-refractivity contribution is 5.93. The van der Waals surface area contributed by atoms with Gasteiger partial charge in [-0.15, -0.1) is 0 Å². The summed E-state index contributed by atoms with van der Waals surface area (Å²) in [4.78, 5) is 16.9. The Labute approximate surface area is 141 Å². The molecule has 128 valence electrons. The summed E-state index contributed by atoms with van der Waals surface area (Å²) >= 11 is 0. The smallest absolute Gasteiger partial charge is 0.340 e. The van der Waals surface area contributed by atoms with Crippen molar-refractivity contribution in [2.75, 3.05) is 7.11 Å². The van der Waals surface area contributed by atoms with Gasteiger partial charge >= 0.3 is 5.97 Å². The van der Waals surface area contributed by atoms with Gasteiger partial charge in [0.05, 0.1) is 23.9 Å². The minimum Gasteiger partial charge on any atom is -0.456 e. The summed E-state index contributed by atoms with van der Waals surface area (Å²) < 4.78 is 13.0. The highest BCUT2D eigenvalue weighted by Gasteiger charge is 2.32.